The number of aryl methyl sites for hydroxylation is 1. The number of carbonyl (C=O) groups is 1. The Morgan fingerprint density at radius 1 is 1.38 bits per heavy atom. The van der Waals surface area contributed by atoms with Gasteiger partial charge in [0.25, 0.3) is 0 Å². The average molecular weight is 194 g/mol. The lowest BCUT2D eigenvalue weighted by atomic mass is 10.0. The molecule has 0 aliphatic rings. The quantitative estimate of drug-likeness (QED) is 0.578. The highest BCUT2D eigenvalue weighted by molar-refractivity contribution is 7.80. The summed E-state index contributed by atoms with van der Waals surface area (Å²) in [6, 6.07) is 5.79. The van der Waals surface area contributed by atoms with Crippen molar-refractivity contribution in [1.29, 1.82) is 0 Å². The molecule has 70 valence electrons. The Labute approximate surface area is 84.6 Å². The molecule has 0 unspecified atom stereocenters. The number of thiol groups is 1. The van der Waals surface area contributed by atoms with E-state index in [1.807, 2.05) is 25.1 Å². The number of carbonyl (C=O) groups excluding carboxylic acids is 1. The fourth-order valence-corrected chi connectivity index (χ4v) is 1.73. The third kappa shape index (κ3) is 2.13. The standard InChI is InChI=1S/C11H14OS/c1-3-8-6-5-7-10(13)11(8)9(12)4-2/h5-7,13H,3-4H2,1-2H3. The highest BCUT2D eigenvalue weighted by Crippen LogP contribution is 2.20. The van der Waals surface area contributed by atoms with Gasteiger partial charge in [0.05, 0.1) is 0 Å². The summed E-state index contributed by atoms with van der Waals surface area (Å²) in [5.74, 6) is 0.183. The van der Waals surface area contributed by atoms with Crippen molar-refractivity contribution in [2.75, 3.05) is 0 Å². The zero-order chi connectivity index (χ0) is 9.84. The summed E-state index contributed by atoms with van der Waals surface area (Å²) in [5.41, 5.74) is 1.90. The molecule has 0 spiro atoms. The fraction of sp³-hybridized carbons (Fsp3) is 0.364. The third-order valence-corrected chi connectivity index (χ3v) is 2.48. The van der Waals surface area contributed by atoms with Crippen molar-refractivity contribution in [2.45, 2.75) is 31.6 Å². The Morgan fingerprint density at radius 2 is 2.08 bits per heavy atom. The van der Waals surface area contributed by atoms with Crippen molar-refractivity contribution in [1.82, 2.24) is 0 Å². The molecule has 0 aromatic heterocycles. The van der Waals surface area contributed by atoms with E-state index in [0.717, 1.165) is 22.4 Å². The first-order chi connectivity index (χ1) is 6.20. The van der Waals surface area contributed by atoms with E-state index in [0.29, 0.717) is 6.42 Å². The van der Waals surface area contributed by atoms with E-state index in [1.54, 1.807) is 0 Å². The van der Waals surface area contributed by atoms with Gasteiger partial charge in [0.1, 0.15) is 0 Å². The first-order valence-electron chi connectivity index (χ1n) is 4.54. The monoisotopic (exact) mass is 194 g/mol. The summed E-state index contributed by atoms with van der Waals surface area (Å²) in [6.45, 7) is 3.93. The first kappa shape index (κ1) is 10.3. The van der Waals surface area contributed by atoms with E-state index in [2.05, 4.69) is 19.6 Å². The second kappa shape index (κ2) is 4.47. The zero-order valence-corrected chi connectivity index (χ0v) is 8.90. The second-order valence-corrected chi connectivity index (χ2v) is 3.42. The van der Waals surface area contributed by atoms with Gasteiger partial charge in [-0.1, -0.05) is 26.0 Å². The van der Waals surface area contributed by atoms with Gasteiger partial charge in [0.15, 0.2) is 5.78 Å². The van der Waals surface area contributed by atoms with Crippen LogP contribution in [0.1, 0.15) is 36.2 Å². The predicted octanol–water partition coefficient (Wildman–Crippen LogP) is 3.13. The lowest BCUT2D eigenvalue weighted by Gasteiger charge is -2.07. The molecule has 1 nitrogen and oxygen atoms in total. The molecule has 0 aliphatic heterocycles. The number of hydrogen-bond donors (Lipinski definition) is 1. The molecule has 13 heavy (non-hydrogen) atoms. The SMILES string of the molecule is CCC(=O)c1c(S)cccc1CC. The Morgan fingerprint density at radius 3 is 2.62 bits per heavy atom. The molecule has 0 bridgehead atoms. The van der Waals surface area contributed by atoms with Crippen molar-refractivity contribution in [3.8, 4) is 0 Å². The van der Waals surface area contributed by atoms with Crippen LogP contribution in [-0.2, 0) is 6.42 Å². The van der Waals surface area contributed by atoms with Crippen LogP contribution in [-0.4, -0.2) is 5.78 Å². The van der Waals surface area contributed by atoms with Crippen LogP contribution >= 0.6 is 12.6 Å². The molecular weight excluding hydrogens is 180 g/mol. The van der Waals surface area contributed by atoms with Gasteiger partial charge in [-0.3, -0.25) is 4.79 Å². The molecule has 0 radical (unpaired) electrons. The molecule has 1 rings (SSSR count). The molecule has 0 saturated carbocycles. The summed E-state index contributed by atoms with van der Waals surface area (Å²) < 4.78 is 0. The lowest BCUT2D eigenvalue weighted by molar-refractivity contribution is 0.0984. The van der Waals surface area contributed by atoms with Crippen molar-refractivity contribution in [3.63, 3.8) is 0 Å². The Balaban J connectivity index is 3.22. The number of rotatable bonds is 3. The van der Waals surface area contributed by atoms with Crippen molar-refractivity contribution >= 4 is 18.4 Å². The summed E-state index contributed by atoms with van der Waals surface area (Å²) in [4.78, 5) is 12.4. The van der Waals surface area contributed by atoms with Gasteiger partial charge in [-0.2, -0.15) is 0 Å². The van der Waals surface area contributed by atoms with Gasteiger partial charge in [-0.05, 0) is 18.1 Å². The predicted molar refractivity (Wildman–Crippen MR) is 57.7 cm³/mol. The normalized spacial score (nSPS) is 10.1. The number of hydrogen-bond acceptors (Lipinski definition) is 2. The minimum Gasteiger partial charge on any atom is -0.294 e. The minimum atomic E-state index is 0.183. The van der Waals surface area contributed by atoms with E-state index in [1.165, 1.54) is 0 Å². The third-order valence-electron chi connectivity index (χ3n) is 2.11. The molecule has 0 atom stereocenters. The molecule has 0 N–H and O–H groups in total. The van der Waals surface area contributed by atoms with E-state index < -0.39 is 0 Å². The molecule has 0 heterocycles. The van der Waals surface area contributed by atoms with E-state index in [4.69, 9.17) is 0 Å². The molecule has 1 aromatic rings. The van der Waals surface area contributed by atoms with Crippen molar-refractivity contribution in [2.24, 2.45) is 0 Å². The maximum atomic E-state index is 11.6. The molecule has 0 saturated heterocycles. The van der Waals surface area contributed by atoms with Crippen molar-refractivity contribution < 1.29 is 4.79 Å². The van der Waals surface area contributed by atoms with Gasteiger partial charge in [0.2, 0.25) is 0 Å². The van der Waals surface area contributed by atoms with Crippen LogP contribution in [0.3, 0.4) is 0 Å². The highest BCUT2D eigenvalue weighted by Gasteiger charge is 2.10. The van der Waals surface area contributed by atoms with Crippen LogP contribution in [0.15, 0.2) is 23.1 Å². The van der Waals surface area contributed by atoms with Crippen molar-refractivity contribution in [3.05, 3.63) is 29.3 Å². The Kier molecular flexibility index (Phi) is 3.55. The van der Waals surface area contributed by atoms with E-state index in [-0.39, 0.29) is 5.78 Å². The largest absolute Gasteiger partial charge is 0.294 e. The van der Waals surface area contributed by atoms with Gasteiger partial charge < -0.3 is 0 Å². The summed E-state index contributed by atoms with van der Waals surface area (Å²) >= 11 is 4.29. The number of ketones is 1. The zero-order valence-electron chi connectivity index (χ0n) is 8.00. The fourth-order valence-electron chi connectivity index (χ4n) is 1.38. The second-order valence-electron chi connectivity index (χ2n) is 2.94. The number of Topliss-reactive ketones (excluding diaryl/α,β-unsaturated/α-hetero) is 1. The highest BCUT2D eigenvalue weighted by atomic mass is 32.1. The van der Waals surface area contributed by atoms with Gasteiger partial charge >= 0.3 is 0 Å². The molecule has 0 amide bonds. The van der Waals surface area contributed by atoms with Crippen LogP contribution in [0.5, 0.6) is 0 Å². The van der Waals surface area contributed by atoms with Gasteiger partial charge in [-0.15, -0.1) is 12.6 Å². The molecule has 0 aliphatic carbocycles. The first-order valence-corrected chi connectivity index (χ1v) is 4.99. The maximum absolute atomic E-state index is 11.6. The van der Waals surface area contributed by atoms with Crippen LogP contribution in [0.4, 0.5) is 0 Å². The van der Waals surface area contributed by atoms with Gasteiger partial charge in [0, 0.05) is 16.9 Å². The molecule has 1 aromatic carbocycles. The molecule has 2 heteroatoms. The Hall–Kier alpha value is -0.760. The minimum absolute atomic E-state index is 0.183. The van der Waals surface area contributed by atoms with Crippen LogP contribution in [0, 0.1) is 0 Å². The lowest BCUT2D eigenvalue weighted by Crippen LogP contribution is -2.03. The Bertz CT molecular complexity index is 318. The summed E-state index contributed by atoms with van der Waals surface area (Å²) in [7, 11) is 0. The summed E-state index contributed by atoms with van der Waals surface area (Å²) in [6.07, 6.45) is 1.43. The van der Waals surface area contributed by atoms with Crippen LogP contribution in [0.2, 0.25) is 0 Å². The van der Waals surface area contributed by atoms with E-state index >= 15 is 0 Å². The smallest absolute Gasteiger partial charge is 0.163 e. The van der Waals surface area contributed by atoms with Crippen LogP contribution < -0.4 is 0 Å². The molecule has 0 fully saturated rings. The summed E-state index contributed by atoms with van der Waals surface area (Å²) in [5, 5.41) is 0. The topological polar surface area (TPSA) is 17.1 Å². The average Bonchev–Trinajstić information content (AvgIpc) is 2.16. The van der Waals surface area contributed by atoms with E-state index in [9.17, 15) is 4.79 Å². The number of benzene rings is 1. The van der Waals surface area contributed by atoms with Gasteiger partial charge in [-0.25, -0.2) is 0 Å². The molecular formula is C11H14OS. The maximum Gasteiger partial charge on any atom is 0.163 e. The van der Waals surface area contributed by atoms with Crippen LogP contribution in [0.25, 0.3) is 0 Å².